The van der Waals surface area contributed by atoms with Gasteiger partial charge in [0.1, 0.15) is 0 Å². The van der Waals surface area contributed by atoms with E-state index >= 15 is 0 Å². The molecule has 54 heavy (non-hydrogen) atoms. The molecule has 0 aliphatic heterocycles. The Morgan fingerprint density at radius 2 is 0.667 bits per heavy atom. The van der Waals surface area contributed by atoms with Crippen LogP contribution in [0.5, 0.6) is 23.0 Å². The molecule has 0 unspecified atom stereocenters. The number of benzene rings is 4. The van der Waals surface area contributed by atoms with Gasteiger partial charge in [-0.1, -0.05) is 88.8 Å². The molecule has 0 N–H and O–H groups in total. The first kappa shape index (κ1) is 39.7. The summed E-state index contributed by atoms with van der Waals surface area (Å²) in [7, 11) is 0. The molecule has 1 aliphatic carbocycles. The number of unbranched alkanes of at least 4 members (excludes halogenated alkanes) is 4. The molecule has 0 fully saturated rings. The lowest BCUT2D eigenvalue weighted by molar-refractivity contribution is 0.0956. The molecule has 12 nitrogen and oxygen atoms in total. The molecule has 0 radical (unpaired) electrons. The first-order valence-electron chi connectivity index (χ1n) is 18.7. The molecule has 5 rings (SSSR count). The largest absolute Gasteiger partial charge is 0.513 e. The molecule has 12 heteroatoms. The van der Waals surface area contributed by atoms with Crippen LogP contribution < -0.4 is 18.9 Å². The van der Waals surface area contributed by atoms with Crippen LogP contribution in [0.3, 0.4) is 0 Å². The summed E-state index contributed by atoms with van der Waals surface area (Å²) >= 11 is 0. The van der Waals surface area contributed by atoms with E-state index in [0.717, 1.165) is 36.8 Å². The normalized spacial score (nSPS) is 11.2. The highest BCUT2D eigenvalue weighted by atomic mass is 16.7. The maximum atomic E-state index is 13.3. The second-order valence-electron chi connectivity index (χ2n) is 13.1. The van der Waals surface area contributed by atoms with Crippen molar-refractivity contribution in [3.63, 3.8) is 0 Å². The maximum absolute atomic E-state index is 13.3. The number of hydrogen-bond acceptors (Lipinski definition) is 12. The summed E-state index contributed by atoms with van der Waals surface area (Å²) in [5.41, 5.74) is 2.66. The van der Waals surface area contributed by atoms with Crippen molar-refractivity contribution in [2.75, 3.05) is 26.4 Å². The van der Waals surface area contributed by atoms with Gasteiger partial charge < -0.3 is 37.9 Å². The van der Waals surface area contributed by atoms with Crippen molar-refractivity contribution in [1.82, 2.24) is 0 Å². The van der Waals surface area contributed by atoms with Crippen molar-refractivity contribution >= 4 is 46.2 Å². The average Bonchev–Trinajstić information content (AvgIpc) is 3.12. The Morgan fingerprint density at radius 1 is 0.407 bits per heavy atom. The summed E-state index contributed by atoms with van der Waals surface area (Å²) in [5.74, 6) is 0.259. The Kier molecular flexibility index (Phi) is 13.6. The quantitative estimate of drug-likeness (QED) is 0.0410. The Morgan fingerprint density at radius 3 is 0.926 bits per heavy atom. The van der Waals surface area contributed by atoms with Gasteiger partial charge in [0.2, 0.25) is 0 Å². The van der Waals surface area contributed by atoms with E-state index in [1.165, 1.54) is 0 Å². The van der Waals surface area contributed by atoms with Gasteiger partial charge in [-0.05, 0) is 51.7 Å². The van der Waals surface area contributed by atoms with Gasteiger partial charge in [-0.3, -0.25) is 0 Å². The smallest absolute Gasteiger partial charge is 0.434 e. The van der Waals surface area contributed by atoms with E-state index in [4.69, 9.17) is 37.9 Å². The molecule has 288 valence electrons. The first-order valence-corrected chi connectivity index (χ1v) is 18.7. The van der Waals surface area contributed by atoms with Crippen molar-refractivity contribution in [1.29, 1.82) is 0 Å². The van der Waals surface area contributed by atoms with E-state index in [9.17, 15) is 19.2 Å². The fourth-order valence-corrected chi connectivity index (χ4v) is 6.05. The average molecular weight is 745 g/mol. The fourth-order valence-electron chi connectivity index (χ4n) is 6.05. The minimum atomic E-state index is -0.956. The molecule has 1 aliphatic rings. The van der Waals surface area contributed by atoms with E-state index in [2.05, 4.69) is 0 Å². The topological polar surface area (TPSA) is 142 Å². The molecule has 0 aromatic heterocycles. The van der Waals surface area contributed by atoms with Gasteiger partial charge in [-0.25, -0.2) is 19.2 Å². The Bertz CT molecular complexity index is 1870. The van der Waals surface area contributed by atoms with Crippen molar-refractivity contribution in [2.45, 2.75) is 92.9 Å². The van der Waals surface area contributed by atoms with Crippen LogP contribution in [0.1, 0.15) is 90.2 Å². The molecular weight excluding hydrogens is 696 g/mol. The lowest BCUT2D eigenvalue weighted by Crippen LogP contribution is -2.20. The predicted octanol–water partition coefficient (Wildman–Crippen LogP) is 11.5. The highest BCUT2D eigenvalue weighted by Crippen LogP contribution is 2.67. The second-order valence-corrected chi connectivity index (χ2v) is 13.1. The molecule has 0 heterocycles. The number of rotatable bonds is 16. The minimum absolute atomic E-state index is 0.0633. The van der Waals surface area contributed by atoms with E-state index in [-0.39, 0.29) is 71.7 Å². The van der Waals surface area contributed by atoms with Crippen LogP contribution >= 0.6 is 0 Å². The minimum Gasteiger partial charge on any atom is -0.434 e. The number of ether oxygens (including phenoxy) is 8. The van der Waals surface area contributed by atoms with Crippen LogP contribution in [-0.2, 0) is 18.9 Å². The molecule has 4 aromatic rings. The van der Waals surface area contributed by atoms with Gasteiger partial charge in [-0.15, -0.1) is 0 Å². The van der Waals surface area contributed by atoms with Crippen LogP contribution in [0.25, 0.3) is 43.8 Å². The molecule has 0 saturated carbocycles. The van der Waals surface area contributed by atoms with Crippen LogP contribution in [0.4, 0.5) is 19.2 Å². The van der Waals surface area contributed by atoms with Gasteiger partial charge >= 0.3 is 24.6 Å². The third kappa shape index (κ3) is 8.81. The van der Waals surface area contributed by atoms with Crippen LogP contribution in [0, 0.1) is 13.8 Å². The summed E-state index contributed by atoms with van der Waals surface area (Å²) in [5, 5.41) is 1.61. The van der Waals surface area contributed by atoms with Gasteiger partial charge in [0.25, 0.3) is 0 Å². The van der Waals surface area contributed by atoms with Crippen LogP contribution in [0.15, 0.2) is 36.4 Å². The fraction of sp³-hybridized carbons (Fsp3) is 0.429. The standard InChI is InChI=1S/C42H48O12/c1-7-11-19-47-39(43)51-35-27-17-15-25(5)23-29(27)37(53-41(45)49-21-13-9-3)33-31(35)34-32(33)36(52-40(44)48-20-12-8-2)28-18-16-26(6)24-30(28)38(34)54-42(46)50-22-14-10-4/h15-18,23-24H,7-14,19-22H2,1-6H3. The van der Waals surface area contributed by atoms with Crippen molar-refractivity contribution in [3.8, 4) is 45.3 Å². The number of hydrogen-bond donors (Lipinski definition) is 0. The first-order chi connectivity index (χ1) is 26.1. The molecule has 0 atom stereocenters. The maximum Gasteiger partial charge on any atom is 0.513 e. The Hall–Kier alpha value is -5.52. The molecule has 0 saturated heterocycles. The molecular formula is C42H48O12. The lowest BCUT2D eigenvalue weighted by atomic mass is 9.74. The highest BCUT2D eigenvalue weighted by molar-refractivity contribution is 6.25. The van der Waals surface area contributed by atoms with E-state index < -0.39 is 24.6 Å². The lowest BCUT2D eigenvalue weighted by Gasteiger charge is -2.33. The van der Waals surface area contributed by atoms with Crippen LogP contribution in [-0.4, -0.2) is 51.0 Å². The summed E-state index contributed by atoms with van der Waals surface area (Å²) in [6.07, 6.45) is 1.87. The van der Waals surface area contributed by atoms with Crippen molar-refractivity contribution in [2.24, 2.45) is 0 Å². The van der Waals surface area contributed by atoms with Crippen molar-refractivity contribution in [3.05, 3.63) is 47.5 Å². The molecule has 0 bridgehead atoms. The van der Waals surface area contributed by atoms with E-state index in [0.29, 0.717) is 47.2 Å². The van der Waals surface area contributed by atoms with E-state index in [1.54, 1.807) is 24.3 Å². The number of fused-ring (bicyclic) bond motifs is 6. The Labute approximate surface area is 314 Å². The predicted molar refractivity (Wildman–Crippen MR) is 203 cm³/mol. The third-order valence-electron chi connectivity index (χ3n) is 8.85. The summed E-state index contributed by atoms with van der Waals surface area (Å²) < 4.78 is 45.7. The van der Waals surface area contributed by atoms with Gasteiger partial charge in [-0.2, -0.15) is 0 Å². The number of aryl methyl sites for hydroxylation is 2. The van der Waals surface area contributed by atoms with Gasteiger partial charge in [0.15, 0.2) is 23.0 Å². The zero-order valence-electron chi connectivity index (χ0n) is 31.8. The van der Waals surface area contributed by atoms with Crippen molar-refractivity contribution < 1.29 is 57.1 Å². The summed E-state index contributed by atoms with van der Waals surface area (Å²) in [6.45, 7) is 12.1. The van der Waals surface area contributed by atoms with Gasteiger partial charge in [0.05, 0.1) is 26.4 Å². The zero-order valence-corrected chi connectivity index (χ0v) is 31.8. The van der Waals surface area contributed by atoms with Crippen LogP contribution in [0.2, 0.25) is 0 Å². The summed E-state index contributed by atoms with van der Waals surface area (Å²) in [6, 6.07) is 10.7. The van der Waals surface area contributed by atoms with E-state index in [1.807, 2.05) is 53.7 Å². The molecule has 0 amide bonds. The van der Waals surface area contributed by atoms with Gasteiger partial charge in [0, 0.05) is 43.8 Å². The zero-order chi connectivity index (χ0) is 38.8. The Balaban J connectivity index is 1.83. The second kappa shape index (κ2) is 18.5. The molecule has 0 spiro atoms. The number of carbonyl (C=O) groups is 4. The molecule has 4 aromatic carbocycles. The third-order valence-corrected chi connectivity index (χ3v) is 8.85. The SMILES string of the molecule is CCCCOC(=O)Oc1c2c(c(OC(=O)OCCCC)c3cc(C)ccc13)-c1c-2c(OC(=O)OCCCC)c2cc(C)ccc2c1OC(=O)OCCCC. The highest BCUT2D eigenvalue weighted by Gasteiger charge is 2.43. The monoisotopic (exact) mass is 744 g/mol. The summed E-state index contributed by atoms with van der Waals surface area (Å²) in [4.78, 5) is 53.1. The number of carbonyl (C=O) groups excluding carboxylic acids is 4.